The minimum absolute atomic E-state index is 0.0219. The monoisotopic (exact) mass is 397 g/mol. The van der Waals surface area contributed by atoms with Crippen LogP contribution in [0.5, 0.6) is 11.6 Å². The molecule has 10 heteroatoms. The fraction of sp³-hybridized carbons (Fsp3) is 0.263. The van der Waals surface area contributed by atoms with Gasteiger partial charge in [0.15, 0.2) is 11.2 Å². The highest BCUT2D eigenvalue weighted by Gasteiger charge is 2.22. The lowest BCUT2D eigenvalue weighted by Gasteiger charge is -2.11. The lowest BCUT2D eigenvalue weighted by molar-refractivity contribution is 0.414. The van der Waals surface area contributed by atoms with Crippen LogP contribution >= 0.6 is 0 Å². The molecule has 1 aromatic carbocycles. The predicted molar refractivity (Wildman–Crippen MR) is 106 cm³/mol. The lowest BCUT2D eigenvalue weighted by Crippen LogP contribution is -2.37. The minimum Gasteiger partial charge on any atom is -0.497 e. The normalized spacial score (nSPS) is 11.4. The van der Waals surface area contributed by atoms with Gasteiger partial charge in [0.1, 0.15) is 5.75 Å². The van der Waals surface area contributed by atoms with Crippen LogP contribution in [0, 0.1) is 6.92 Å². The molecule has 0 aliphatic heterocycles. The molecule has 3 aromatic heterocycles. The molecule has 1 N–H and O–H groups in total. The smallest absolute Gasteiger partial charge is 0.332 e. The van der Waals surface area contributed by atoms with Gasteiger partial charge in [-0.25, -0.2) is 9.20 Å². The van der Waals surface area contributed by atoms with E-state index in [1.54, 1.807) is 31.4 Å². The first-order valence-electron chi connectivity index (χ1n) is 8.79. The summed E-state index contributed by atoms with van der Waals surface area (Å²) in [5.41, 5.74) is -0.625. The number of hydrogen-bond acceptors (Lipinski definition) is 6. The van der Waals surface area contributed by atoms with Gasteiger partial charge < -0.3 is 9.84 Å². The fourth-order valence-electron chi connectivity index (χ4n) is 3.38. The largest absolute Gasteiger partial charge is 0.497 e. The molecule has 29 heavy (non-hydrogen) atoms. The maximum absolute atomic E-state index is 12.9. The minimum atomic E-state index is -0.611. The second kappa shape index (κ2) is 6.36. The Kier molecular flexibility index (Phi) is 4.07. The van der Waals surface area contributed by atoms with Gasteiger partial charge in [-0.2, -0.15) is 4.98 Å². The average Bonchev–Trinajstić information content (AvgIpc) is 3.13. The molecule has 0 unspecified atom stereocenters. The summed E-state index contributed by atoms with van der Waals surface area (Å²) in [6.45, 7) is 1.63. The van der Waals surface area contributed by atoms with Crippen LogP contribution in [0.4, 0.5) is 0 Å². The summed E-state index contributed by atoms with van der Waals surface area (Å²) in [6, 6.07) is 7.15. The molecule has 4 rings (SSSR count). The number of aromatic hydroxyl groups is 1. The van der Waals surface area contributed by atoms with E-state index in [9.17, 15) is 19.5 Å². The third-order valence-corrected chi connectivity index (χ3v) is 5.09. The average molecular weight is 397 g/mol. The molecule has 10 nitrogen and oxygen atoms in total. The van der Waals surface area contributed by atoms with Crippen molar-refractivity contribution in [3.63, 3.8) is 0 Å². The highest BCUT2D eigenvalue weighted by molar-refractivity contribution is 5.76. The van der Waals surface area contributed by atoms with E-state index in [0.717, 1.165) is 10.1 Å². The Morgan fingerprint density at radius 3 is 2.31 bits per heavy atom. The molecule has 0 atom stereocenters. The van der Waals surface area contributed by atoms with Gasteiger partial charge in [-0.1, -0.05) is 12.1 Å². The second-order valence-electron chi connectivity index (χ2n) is 6.81. The van der Waals surface area contributed by atoms with E-state index < -0.39 is 16.8 Å². The number of methoxy groups -OCH3 is 1. The zero-order valence-corrected chi connectivity index (χ0v) is 16.3. The summed E-state index contributed by atoms with van der Waals surface area (Å²) in [7, 11) is 4.39. The number of fused-ring (bicyclic) bond motifs is 3. The summed E-state index contributed by atoms with van der Waals surface area (Å²) < 4.78 is 9.87. The third-order valence-electron chi connectivity index (χ3n) is 5.09. The molecule has 0 aliphatic carbocycles. The van der Waals surface area contributed by atoms with Crippen LogP contribution < -0.4 is 21.5 Å². The standard InChI is InChI=1S/C19H19N5O5/c1-10-15(25)23(9-11-5-7-12(29-4)8-6-11)18-20-14-13(24(18)16(10)26)17(27)22(3)19(28)21(14)2/h5-8,26H,9H2,1-4H3. The van der Waals surface area contributed by atoms with Crippen LogP contribution in [-0.2, 0) is 20.6 Å². The van der Waals surface area contributed by atoms with Crippen molar-refractivity contribution >= 4 is 16.9 Å². The molecule has 0 saturated carbocycles. The Labute approximate surface area is 163 Å². The molecule has 0 amide bonds. The van der Waals surface area contributed by atoms with Crippen LogP contribution in [0.2, 0.25) is 0 Å². The Balaban J connectivity index is 2.11. The molecule has 0 bridgehead atoms. The van der Waals surface area contributed by atoms with Crippen molar-refractivity contribution in [2.45, 2.75) is 13.5 Å². The van der Waals surface area contributed by atoms with Crippen LogP contribution in [0.3, 0.4) is 0 Å². The van der Waals surface area contributed by atoms with Crippen molar-refractivity contribution in [1.82, 2.24) is 23.1 Å². The molecule has 3 heterocycles. The summed E-state index contributed by atoms with van der Waals surface area (Å²) in [5, 5.41) is 10.6. The Morgan fingerprint density at radius 2 is 1.69 bits per heavy atom. The van der Waals surface area contributed by atoms with Gasteiger partial charge in [0.2, 0.25) is 11.7 Å². The van der Waals surface area contributed by atoms with E-state index >= 15 is 0 Å². The highest BCUT2D eigenvalue weighted by Crippen LogP contribution is 2.21. The summed E-state index contributed by atoms with van der Waals surface area (Å²) in [5.74, 6) is 0.370. The van der Waals surface area contributed by atoms with E-state index in [4.69, 9.17) is 4.74 Å². The lowest BCUT2D eigenvalue weighted by atomic mass is 10.2. The van der Waals surface area contributed by atoms with E-state index in [2.05, 4.69) is 4.98 Å². The first-order chi connectivity index (χ1) is 13.8. The molecule has 0 saturated heterocycles. The number of hydrogen-bond donors (Lipinski definition) is 1. The second-order valence-corrected chi connectivity index (χ2v) is 6.81. The van der Waals surface area contributed by atoms with Gasteiger partial charge >= 0.3 is 5.69 Å². The zero-order valence-electron chi connectivity index (χ0n) is 16.3. The van der Waals surface area contributed by atoms with Crippen molar-refractivity contribution in [2.24, 2.45) is 14.1 Å². The van der Waals surface area contributed by atoms with Crippen molar-refractivity contribution < 1.29 is 9.84 Å². The molecule has 0 aliphatic rings. The van der Waals surface area contributed by atoms with E-state index in [0.29, 0.717) is 5.75 Å². The fourth-order valence-corrected chi connectivity index (χ4v) is 3.38. The number of ether oxygens (including phenoxy) is 1. The number of rotatable bonds is 3. The summed E-state index contributed by atoms with van der Waals surface area (Å²) >= 11 is 0. The van der Waals surface area contributed by atoms with Gasteiger partial charge in [-0.3, -0.25) is 23.3 Å². The van der Waals surface area contributed by atoms with Crippen LogP contribution in [-0.4, -0.2) is 35.3 Å². The number of aromatic nitrogens is 5. The van der Waals surface area contributed by atoms with Crippen molar-refractivity contribution in [3.05, 3.63) is 66.6 Å². The summed E-state index contributed by atoms with van der Waals surface area (Å²) in [4.78, 5) is 42.3. The molecular formula is C19H19N5O5. The van der Waals surface area contributed by atoms with Crippen LogP contribution in [0.1, 0.15) is 11.1 Å². The van der Waals surface area contributed by atoms with Crippen molar-refractivity contribution in [2.75, 3.05) is 7.11 Å². The molecule has 0 fully saturated rings. The first-order valence-corrected chi connectivity index (χ1v) is 8.79. The van der Waals surface area contributed by atoms with E-state index in [1.807, 2.05) is 0 Å². The molecular weight excluding hydrogens is 378 g/mol. The Bertz CT molecular complexity index is 1450. The van der Waals surface area contributed by atoms with Gasteiger partial charge in [0.05, 0.1) is 19.2 Å². The first kappa shape index (κ1) is 18.5. The van der Waals surface area contributed by atoms with Crippen molar-refractivity contribution in [1.29, 1.82) is 0 Å². The van der Waals surface area contributed by atoms with E-state index in [-0.39, 0.29) is 34.9 Å². The number of benzene rings is 1. The predicted octanol–water partition coefficient (Wildman–Crippen LogP) is 0.118. The van der Waals surface area contributed by atoms with Gasteiger partial charge in [0.25, 0.3) is 11.1 Å². The van der Waals surface area contributed by atoms with Gasteiger partial charge in [-0.05, 0) is 24.6 Å². The number of aryl methyl sites for hydroxylation is 1. The number of nitrogens with zero attached hydrogens (tertiary/aromatic N) is 5. The molecule has 0 radical (unpaired) electrons. The molecule has 150 valence electrons. The maximum Gasteiger partial charge on any atom is 0.332 e. The molecule has 4 aromatic rings. The van der Waals surface area contributed by atoms with E-state index in [1.165, 1.54) is 34.6 Å². The van der Waals surface area contributed by atoms with Crippen LogP contribution in [0.25, 0.3) is 16.9 Å². The van der Waals surface area contributed by atoms with Gasteiger partial charge in [0, 0.05) is 14.1 Å². The summed E-state index contributed by atoms with van der Waals surface area (Å²) in [6.07, 6.45) is 0. The van der Waals surface area contributed by atoms with Crippen LogP contribution in [0.15, 0.2) is 38.6 Å². The zero-order chi connectivity index (χ0) is 21.0. The topological polar surface area (TPSA) is 113 Å². The SMILES string of the molecule is COc1ccc(Cn2c(=O)c(C)c(O)n3c4c(=O)n(C)c(=O)n(C)c4nc23)cc1. The van der Waals surface area contributed by atoms with Crippen molar-refractivity contribution in [3.8, 4) is 11.6 Å². The maximum atomic E-state index is 12.9. The Morgan fingerprint density at radius 1 is 1.03 bits per heavy atom. The highest BCUT2D eigenvalue weighted by atomic mass is 16.5. The number of imidazole rings is 1. The quantitative estimate of drug-likeness (QED) is 0.525. The van der Waals surface area contributed by atoms with Gasteiger partial charge in [-0.15, -0.1) is 0 Å². The Hall–Kier alpha value is -3.82. The third kappa shape index (κ3) is 2.56. The molecule has 0 spiro atoms.